The molecule has 2 nitrogen and oxygen atoms in total. The van der Waals surface area contributed by atoms with Crippen LogP contribution in [0.25, 0.3) is 16.7 Å². The van der Waals surface area contributed by atoms with Crippen LogP contribution in [-0.4, -0.2) is 5.84 Å². The molecule has 2 N–H and O–H groups in total. The van der Waals surface area contributed by atoms with Gasteiger partial charge in [0.15, 0.2) is 0 Å². The minimum atomic E-state index is -0.415. The summed E-state index contributed by atoms with van der Waals surface area (Å²) in [6.07, 6.45) is 3.76. The van der Waals surface area contributed by atoms with Crippen molar-refractivity contribution in [2.24, 2.45) is 10.7 Å². The Labute approximate surface area is 284 Å². The number of hydrogen-bond donors (Lipinski definition) is 1. The third-order valence-corrected chi connectivity index (χ3v) is 7.29. The van der Waals surface area contributed by atoms with E-state index in [1.165, 1.54) is 6.07 Å². The standard InChI is InChI=1S/C41H30FN2.ClH.Pd/c42-37-27-15-13-25-34(37)41(43)44-38-28-16-14-26-35(38)39(32-21-9-3-10-22-32)40(33-23-11-4-12-24-33)36(31-19-7-2-8-20-31)29-30-17-5-1-6-18-30;;/h1-28H,(H2,43,44);1H;/q-1;;+2/p-1/b40-39+;;. The third kappa shape index (κ3) is 7.86. The van der Waals surface area contributed by atoms with E-state index < -0.39 is 5.82 Å². The van der Waals surface area contributed by atoms with Crippen molar-refractivity contribution in [3.05, 3.63) is 215 Å². The molecular formula is C41H30ClFN2Pd. The number of aliphatic imine (C=N–C) groups is 1. The Bertz CT molecular complexity index is 1960. The summed E-state index contributed by atoms with van der Waals surface area (Å²) in [7, 11) is 4.49. The summed E-state index contributed by atoms with van der Waals surface area (Å²) >= 11 is 2.22. The first kappa shape index (κ1) is 32.5. The van der Waals surface area contributed by atoms with Crippen LogP contribution in [0.15, 0.2) is 175 Å². The van der Waals surface area contributed by atoms with E-state index in [0.29, 0.717) is 5.69 Å². The predicted octanol–water partition coefficient (Wildman–Crippen LogP) is 10.4. The van der Waals surface area contributed by atoms with Crippen LogP contribution in [0, 0.1) is 11.9 Å². The number of nitrogens with zero attached hydrogens (tertiary/aromatic N) is 1. The summed E-state index contributed by atoms with van der Waals surface area (Å²) in [5.74, 6) is -0.305. The van der Waals surface area contributed by atoms with Crippen molar-refractivity contribution in [2.75, 3.05) is 0 Å². The van der Waals surface area contributed by atoms with Crippen molar-refractivity contribution < 1.29 is 22.6 Å². The van der Waals surface area contributed by atoms with Gasteiger partial charge < -0.3 is 5.73 Å². The van der Waals surface area contributed by atoms with Crippen molar-refractivity contribution >= 4 is 37.8 Å². The van der Waals surface area contributed by atoms with Crippen molar-refractivity contribution in [2.45, 2.75) is 0 Å². The minimum absolute atomic E-state index is 0.110. The number of amidine groups is 1. The van der Waals surface area contributed by atoms with Crippen LogP contribution in [0.2, 0.25) is 0 Å². The third-order valence-electron chi connectivity index (χ3n) is 7.29. The molecule has 46 heavy (non-hydrogen) atoms. The molecule has 0 aromatic heterocycles. The Morgan fingerprint density at radius 2 is 1.00 bits per heavy atom. The number of halogens is 2. The molecule has 0 saturated carbocycles. The van der Waals surface area contributed by atoms with Gasteiger partial charge in [-0.25, -0.2) is 9.38 Å². The van der Waals surface area contributed by atoms with Gasteiger partial charge in [-0.2, -0.15) is 0 Å². The fourth-order valence-corrected chi connectivity index (χ4v) is 5.25. The predicted molar refractivity (Wildman–Crippen MR) is 187 cm³/mol. The maximum absolute atomic E-state index is 14.7. The van der Waals surface area contributed by atoms with E-state index in [0.717, 1.165) is 44.5 Å². The van der Waals surface area contributed by atoms with Crippen LogP contribution in [0.3, 0.4) is 0 Å². The van der Waals surface area contributed by atoms with Gasteiger partial charge >= 0.3 is 27.7 Å². The summed E-state index contributed by atoms with van der Waals surface area (Å²) in [5, 5.41) is 0. The number of allylic oxidation sites excluding steroid dienone is 2. The first-order chi connectivity index (χ1) is 22.7. The monoisotopic (exact) mass is 710 g/mol. The first-order valence-electron chi connectivity index (χ1n) is 14.6. The van der Waals surface area contributed by atoms with Crippen LogP contribution in [0.4, 0.5) is 10.1 Å². The molecule has 0 atom stereocenters. The van der Waals surface area contributed by atoms with Gasteiger partial charge in [-0.1, -0.05) is 156 Å². The van der Waals surface area contributed by atoms with E-state index in [2.05, 4.69) is 82.3 Å². The van der Waals surface area contributed by atoms with E-state index in [9.17, 15) is 4.39 Å². The fraction of sp³-hybridized carbons (Fsp3) is 0. The van der Waals surface area contributed by atoms with Gasteiger partial charge in [-0.05, 0) is 29.3 Å². The molecule has 0 heterocycles. The Balaban J connectivity index is 0.00000204. The molecule has 6 aromatic carbocycles. The van der Waals surface area contributed by atoms with E-state index in [4.69, 9.17) is 10.7 Å². The maximum atomic E-state index is 14.7. The molecule has 0 unspecified atom stereocenters. The molecule has 6 rings (SSSR count). The van der Waals surface area contributed by atoms with Crippen LogP contribution < -0.4 is 5.73 Å². The number of benzene rings is 6. The fourth-order valence-electron chi connectivity index (χ4n) is 5.25. The number of rotatable bonds is 8. The van der Waals surface area contributed by atoms with Gasteiger partial charge in [0.25, 0.3) is 0 Å². The summed E-state index contributed by atoms with van der Waals surface area (Å²) in [4.78, 5) is 4.82. The van der Waals surface area contributed by atoms with Gasteiger partial charge in [-0.3, -0.25) is 0 Å². The van der Waals surface area contributed by atoms with Crippen molar-refractivity contribution in [1.82, 2.24) is 0 Å². The van der Waals surface area contributed by atoms with Crippen LogP contribution in [0.5, 0.6) is 0 Å². The molecule has 0 fully saturated rings. The number of para-hydroxylation sites is 1. The zero-order valence-electron chi connectivity index (χ0n) is 24.8. The van der Waals surface area contributed by atoms with Crippen molar-refractivity contribution in [1.29, 1.82) is 0 Å². The molecule has 0 aliphatic carbocycles. The molecule has 0 radical (unpaired) electrons. The SMILES string of the molecule is NC(=Nc1ccccc1/C(=C(/C(=[C-]c1ccccc1)c1ccccc1)c1ccccc1)c1ccccc1)c1ccccc1F.[Cl][Pd+]. The zero-order chi connectivity index (χ0) is 32.1. The summed E-state index contributed by atoms with van der Waals surface area (Å²) in [6.45, 7) is 0. The average molecular weight is 712 g/mol. The molecule has 0 spiro atoms. The molecule has 0 aliphatic rings. The van der Waals surface area contributed by atoms with Gasteiger partial charge in [0.05, 0.1) is 11.3 Å². The average Bonchev–Trinajstić information content (AvgIpc) is 3.13. The Morgan fingerprint density at radius 1 is 0.543 bits per heavy atom. The van der Waals surface area contributed by atoms with Gasteiger partial charge in [0, 0.05) is 5.56 Å². The molecule has 5 heteroatoms. The second-order valence-corrected chi connectivity index (χ2v) is 10.2. The second-order valence-electron chi connectivity index (χ2n) is 10.2. The number of hydrogen-bond acceptors (Lipinski definition) is 1. The van der Waals surface area contributed by atoms with Crippen molar-refractivity contribution in [3.63, 3.8) is 0 Å². The summed E-state index contributed by atoms with van der Waals surface area (Å²) in [6, 6.07) is 55.4. The topological polar surface area (TPSA) is 38.4 Å². The normalized spacial score (nSPS) is 12.1. The van der Waals surface area contributed by atoms with E-state index >= 15 is 0 Å². The molecule has 6 aromatic rings. The zero-order valence-corrected chi connectivity index (χ0v) is 27.1. The van der Waals surface area contributed by atoms with Crippen LogP contribution in [0.1, 0.15) is 33.4 Å². The van der Waals surface area contributed by atoms with Gasteiger partial charge in [-0.15, -0.1) is 29.3 Å². The van der Waals surface area contributed by atoms with Crippen LogP contribution >= 0.6 is 9.53 Å². The Hall–Kier alpha value is -4.85. The Kier molecular flexibility index (Phi) is 11.6. The summed E-state index contributed by atoms with van der Waals surface area (Å²) in [5.41, 5.74) is 15.1. The Morgan fingerprint density at radius 3 is 1.59 bits per heavy atom. The molecule has 0 bridgehead atoms. The van der Waals surface area contributed by atoms with E-state index in [1.807, 2.05) is 97.1 Å². The number of nitrogens with two attached hydrogens (primary N) is 1. The quantitative estimate of drug-likeness (QED) is 0.0419. The first-order valence-corrected chi connectivity index (χ1v) is 16.6. The molecule has 0 amide bonds. The molecule has 228 valence electrons. The molecule has 0 saturated heterocycles. The van der Waals surface area contributed by atoms with Crippen molar-refractivity contribution in [3.8, 4) is 0 Å². The van der Waals surface area contributed by atoms with Crippen LogP contribution in [-0.2, 0) is 18.2 Å². The van der Waals surface area contributed by atoms with E-state index in [1.54, 1.807) is 18.2 Å². The van der Waals surface area contributed by atoms with E-state index in [-0.39, 0.29) is 11.4 Å². The second kappa shape index (κ2) is 16.5. The van der Waals surface area contributed by atoms with Gasteiger partial charge in [0.2, 0.25) is 0 Å². The molecular weight excluding hydrogens is 681 g/mol. The molecule has 0 aliphatic heterocycles. The summed E-state index contributed by atoms with van der Waals surface area (Å²) < 4.78 is 14.7. The van der Waals surface area contributed by atoms with Gasteiger partial charge in [0.1, 0.15) is 11.7 Å².